The molecule has 0 saturated carbocycles. The van der Waals surface area contributed by atoms with Gasteiger partial charge in [-0.05, 0) is 37.1 Å². The number of anilines is 1. The lowest BCUT2D eigenvalue weighted by molar-refractivity contribution is -0.142. The fourth-order valence-corrected chi connectivity index (χ4v) is 4.23. The Balaban J connectivity index is 1.39. The molecule has 0 spiro atoms. The van der Waals surface area contributed by atoms with Gasteiger partial charge >= 0.3 is 0 Å². The standard InChI is InChI=1S/C23H33ClN4O3/c1-23(2,3)22(31)28-10-8-17(9-11-28)21(30)25-16-20(29)27-14-12-26(13-15-27)19-6-4-18(24)5-7-19/h4-7,17H,8-16H2,1-3H3,(H,25,30). The minimum atomic E-state index is -0.404. The Morgan fingerprint density at radius 3 is 2.06 bits per heavy atom. The van der Waals surface area contributed by atoms with Crippen molar-refractivity contribution in [2.24, 2.45) is 11.3 Å². The van der Waals surface area contributed by atoms with Gasteiger partial charge in [-0.25, -0.2) is 0 Å². The summed E-state index contributed by atoms with van der Waals surface area (Å²) in [6.45, 7) is 9.71. The molecule has 7 nitrogen and oxygen atoms in total. The monoisotopic (exact) mass is 448 g/mol. The maximum Gasteiger partial charge on any atom is 0.242 e. The molecule has 0 unspecified atom stereocenters. The lowest BCUT2D eigenvalue weighted by atomic mass is 9.90. The van der Waals surface area contributed by atoms with Crippen LogP contribution in [0.3, 0.4) is 0 Å². The fourth-order valence-electron chi connectivity index (χ4n) is 4.10. The number of benzene rings is 1. The van der Waals surface area contributed by atoms with E-state index in [1.165, 1.54) is 0 Å². The molecule has 31 heavy (non-hydrogen) atoms. The van der Waals surface area contributed by atoms with Gasteiger partial charge in [0.05, 0.1) is 6.54 Å². The molecular formula is C23H33ClN4O3. The molecule has 2 aliphatic heterocycles. The van der Waals surface area contributed by atoms with Gasteiger partial charge in [0.15, 0.2) is 0 Å². The highest BCUT2D eigenvalue weighted by Crippen LogP contribution is 2.24. The first kappa shape index (κ1) is 23.4. The average molecular weight is 449 g/mol. The van der Waals surface area contributed by atoms with Crippen molar-refractivity contribution >= 4 is 35.0 Å². The lowest BCUT2D eigenvalue weighted by Gasteiger charge is -2.36. The Kier molecular flexibility index (Phi) is 7.46. The van der Waals surface area contributed by atoms with Crippen LogP contribution in [-0.4, -0.2) is 73.3 Å². The third kappa shape index (κ3) is 6.12. The maximum atomic E-state index is 12.5. The van der Waals surface area contributed by atoms with Crippen LogP contribution in [0.15, 0.2) is 24.3 Å². The Hall–Kier alpha value is -2.28. The second-order valence-electron chi connectivity index (χ2n) is 9.38. The molecule has 0 atom stereocenters. The predicted molar refractivity (Wildman–Crippen MR) is 122 cm³/mol. The van der Waals surface area contributed by atoms with Crippen LogP contribution in [0.25, 0.3) is 0 Å². The Bertz CT molecular complexity index is 790. The van der Waals surface area contributed by atoms with Gasteiger partial charge in [0.25, 0.3) is 0 Å². The summed E-state index contributed by atoms with van der Waals surface area (Å²) in [5.41, 5.74) is 0.695. The second-order valence-corrected chi connectivity index (χ2v) is 9.81. The number of hydrogen-bond acceptors (Lipinski definition) is 4. The van der Waals surface area contributed by atoms with Crippen LogP contribution in [0, 0.1) is 11.3 Å². The third-order valence-electron chi connectivity index (χ3n) is 6.03. The van der Waals surface area contributed by atoms with E-state index in [9.17, 15) is 14.4 Å². The number of piperidine rings is 1. The molecule has 2 heterocycles. The summed E-state index contributed by atoms with van der Waals surface area (Å²) < 4.78 is 0. The highest BCUT2D eigenvalue weighted by atomic mass is 35.5. The number of likely N-dealkylation sites (tertiary alicyclic amines) is 1. The molecule has 3 rings (SSSR count). The zero-order valence-corrected chi connectivity index (χ0v) is 19.5. The first-order chi connectivity index (χ1) is 14.6. The number of carbonyl (C=O) groups excluding carboxylic acids is 3. The quantitative estimate of drug-likeness (QED) is 0.767. The SMILES string of the molecule is CC(C)(C)C(=O)N1CCC(C(=O)NCC(=O)N2CCN(c3ccc(Cl)cc3)CC2)CC1. The zero-order valence-electron chi connectivity index (χ0n) is 18.7. The van der Waals surface area contributed by atoms with E-state index < -0.39 is 5.41 Å². The zero-order chi connectivity index (χ0) is 22.6. The average Bonchev–Trinajstić information content (AvgIpc) is 2.77. The topological polar surface area (TPSA) is 73.0 Å². The van der Waals surface area contributed by atoms with E-state index in [-0.39, 0.29) is 30.2 Å². The molecule has 8 heteroatoms. The van der Waals surface area contributed by atoms with Gasteiger partial charge in [-0.2, -0.15) is 0 Å². The van der Waals surface area contributed by atoms with Gasteiger partial charge in [-0.3, -0.25) is 14.4 Å². The predicted octanol–water partition coefficient (Wildman–Crippen LogP) is 2.39. The summed E-state index contributed by atoms with van der Waals surface area (Å²) in [7, 11) is 0. The molecule has 2 saturated heterocycles. The van der Waals surface area contributed by atoms with Crippen molar-refractivity contribution in [3.8, 4) is 0 Å². The molecule has 2 aliphatic rings. The van der Waals surface area contributed by atoms with Crippen LogP contribution in [0.1, 0.15) is 33.6 Å². The van der Waals surface area contributed by atoms with Crippen molar-refractivity contribution in [1.82, 2.24) is 15.1 Å². The van der Waals surface area contributed by atoms with Gasteiger partial charge in [0.1, 0.15) is 0 Å². The molecule has 170 valence electrons. The molecule has 0 radical (unpaired) electrons. The van der Waals surface area contributed by atoms with Gasteiger partial charge in [0.2, 0.25) is 17.7 Å². The van der Waals surface area contributed by atoms with Crippen molar-refractivity contribution in [1.29, 1.82) is 0 Å². The molecular weight excluding hydrogens is 416 g/mol. The molecule has 0 bridgehead atoms. The minimum absolute atomic E-state index is 0.0287. The van der Waals surface area contributed by atoms with Crippen molar-refractivity contribution in [2.45, 2.75) is 33.6 Å². The molecule has 0 aliphatic carbocycles. The number of nitrogens with one attached hydrogen (secondary N) is 1. The highest BCUT2D eigenvalue weighted by molar-refractivity contribution is 6.30. The van der Waals surface area contributed by atoms with Gasteiger partial charge in [-0.1, -0.05) is 32.4 Å². The molecule has 1 aromatic rings. The molecule has 1 N–H and O–H groups in total. The number of amides is 3. The van der Waals surface area contributed by atoms with Crippen LogP contribution in [0.2, 0.25) is 5.02 Å². The van der Waals surface area contributed by atoms with Gasteiger partial charge in [0, 0.05) is 61.3 Å². The van der Waals surface area contributed by atoms with E-state index in [4.69, 9.17) is 11.6 Å². The Morgan fingerprint density at radius 1 is 0.935 bits per heavy atom. The van der Waals surface area contributed by atoms with E-state index in [1.807, 2.05) is 49.9 Å². The van der Waals surface area contributed by atoms with Crippen LogP contribution in [0.5, 0.6) is 0 Å². The normalized spacial score (nSPS) is 18.1. The summed E-state index contributed by atoms with van der Waals surface area (Å²) >= 11 is 5.95. The lowest BCUT2D eigenvalue weighted by Crippen LogP contribution is -2.52. The van der Waals surface area contributed by atoms with Crippen molar-refractivity contribution in [3.05, 3.63) is 29.3 Å². The summed E-state index contributed by atoms with van der Waals surface area (Å²) in [6.07, 6.45) is 1.28. The maximum absolute atomic E-state index is 12.5. The third-order valence-corrected chi connectivity index (χ3v) is 6.28. The van der Waals surface area contributed by atoms with Crippen LogP contribution in [-0.2, 0) is 14.4 Å². The fraction of sp³-hybridized carbons (Fsp3) is 0.609. The molecule has 2 fully saturated rings. The van der Waals surface area contributed by atoms with E-state index in [1.54, 1.807) is 4.90 Å². The van der Waals surface area contributed by atoms with E-state index in [0.717, 1.165) is 18.8 Å². The highest BCUT2D eigenvalue weighted by Gasteiger charge is 2.32. The largest absolute Gasteiger partial charge is 0.368 e. The smallest absolute Gasteiger partial charge is 0.242 e. The van der Waals surface area contributed by atoms with Crippen molar-refractivity contribution in [3.63, 3.8) is 0 Å². The molecule has 0 aromatic heterocycles. The first-order valence-corrected chi connectivity index (χ1v) is 11.4. The van der Waals surface area contributed by atoms with E-state index in [0.29, 0.717) is 44.0 Å². The first-order valence-electron chi connectivity index (χ1n) is 11.0. The van der Waals surface area contributed by atoms with Gasteiger partial charge in [-0.15, -0.1) is 0 Å². The number of rotatable bonds is 4. The van der Waals surface area contributed by atoms with Crippen molar-refractivity contribution < 1.29 is 14.4 Å². The molecule has 3 amide bonds. The summed E-state index contributed by atoms with van der Waals surface area (Å²) in [5.74, 6) is -0.154. The Labute approximate surface area is 189 Å². The number of nitrogens with zero attached hydrogens (tertiary/aromatic N) is 3. The summed E-state index contributed by atoms with van der Waals surface area (Å²) in [6, 6.07) is 7.71. The summed E-state index contributed by atoms with van der Waals surface area (Å²) in [4.78, 5) is 43.3. The number of hydrogen-bond donors (Lipinski definition) is 1. The minimum Gasteiger partial charge on any atom is -0.368 e. The van der Waals surface area contributed by atoms with E-state index >= 15 is 0 Å². The van der Waals surface area contributed by atoms with Crippen LogP contribution < -0.4 is 10.2 Å². The van der Waals surface area contributed by atoms with Crippen LogP contribution >= 0.6 is 11.6 Å². The van der Waals surface area contributed by atoms with Gasteiger partial charge < -0.3 is 20.0 Å². The second kappa shape index (κ2) is 9.90. The van der Waals surface area contributed by atoms with E-state index in [2.05, 4.69) is 10.2 Å². The number of carbonyl (C=O) groups is 3. The number of halogens is 1. The molecule has 1 aromatic carbocycles. The van der Waals surface area contributed by atoms with Crippen molar-refractivity contribution in [2.75, 3.05) is 50.7 Å². The number of piperazine rings is 1. The van der Waals surface area contributed by atoms with Crippen LogP contribution in [0.4, 0.5) is 5.69 Å². The Morgan fingerprint density at radius 2 is 1.52 bits per heavy atom. The summed E-state index contributed by atoms with van der Waals surface area (Å²) in [5, 5.41) is 3.52.